The van der Waals surface area contributed by atoms with E-state index in [0.717, 1.165) is 59.9 Å². The normalized spacial score (nSPS) is 13.6. The summed E-state index contributed by atoms with van der Waals surface area (Å²) in [6.45, 7) is 11.9. The van der Waals surface area contributed by atoms with Crippen molar-refractivity contribution in [3.05, 3.63) is 155 Å². The van der Waals surface area contributed by atoms with Crippen LogP contribution in [0.3, 0.4) is 0 Å². The maximum atomic E-state index is 13.3. The zero-order chi connectivity index (χ0) is 37.5. The van der Waals surface area contributed by atoms with Crippen LogP contribution < -0.4 is 9.80 Å². The van der Waals surface area contributed by atoms with Crippen LogP contribution >= 0.6 is 0 Å². The van der Waals surface area contributed by atoms with Crippen LogP contribution in [0.4, 0.5) is 11.4 Å². The van der Waals surface area contributed by atoms with Gasteiger partial charge in [0.15, 0.2) is 11.1 Å². The van der Waals surface area contributed by atoms with Crippen LogP contribution in [0.5, 0.6) is 0 Å². The second kappa shape index (κ2) is 16.7. The largest absolute Gasteiger partial charge is 0.372 e. The highest BCUT2D eigenvalue weighted by molar-refractivity contribution is 7.86. The van der Waals surface area contributed by atoms with Crippen LogP contribution in [0, 0.1) is 0 Å². The first-order chi connectivity index (χ1) is 24.9. The molecule has 1 aliphatic carbocycles. The summed E-state index contributed by atoms with van der Waals surface area (Å²) < 4.78 is 73.4. The van der Waals surface area contributed by atoms with Gasteiger partial charge in [-0.15, -0.1) is 0 Å². The van der Waals surface area contributed by atoms with Crippen molar-refractivity contribution in [1.82, 2.24) is 0 Å². The quantitative estimate of drug-likeness (QED) is 0.0994. The second-order valence-electron chi connectivity index (χ2n) is 12.4. The first kappa shape index (κ1) is 38.4. The monoisotopic (exact) mass is 740 g/mol. The third-order valence-corrected chi connectivity index (χ3v) is 11.2. The highest BCUT2D eigenvalue weighted by Gasteiger charge is 2.33. The molecule has 0 amide bonds. The number of hydrogen-bond acceptors (Lipinski definition) is 6. The van der Waals surface area contributed by atoms with Gasteiger partial charge in [0, 0.05) is 43.2 Å². The smallest absolute Gasteiger partial charge is 0.294 e. The standard InChI is InChI=1S/C41H45N3O6S2/c1-5-42(6-2)36-24-20-32(21-25-36)40(33-22-26-37(27-23-33)43(7-3)8-4)35-17-13-18-38(29-35)44(30-31-14-12-19-39(28-31)51(45,46)47)41(52(48,49)50)34-15-10-9-11-16-34/h9-29,41H,5-8,30H2,1-4H3,(H-,45,46,47,48,49,50)/p+1. The van der Waals surface area contributed by atoms with Crippen LogP contribution in [0.1, 0.15) is 55.3 Å². The Labute approximate surface area is 308 Å². The first-order valence-electron chi connectivity index (χ1n) is 17.4. The average Bonchev–Trinajstić information content (AvgIpc) is 3.13. The number of rotatable bonds is 14. The molecular weight excluding hydrogens is 695 g/mol. The molecule has 0 aromatic heterocycles. The zero-order valence-electron chi connectivity index (χ0n) is 29.9. The molecule has 0 fully saturated rings. The molecule has 11 heteroatoms. The van der Waals surface area contributed by atoms with Gasteiger partial charge in [-0.3, -0.25) is 9.11 Å². The molecule has 52 heavy (non-hydrogen) atoms. The Morgan fingerprint density at radius 1 is 0.673 bits per heavy atom. The van der Waals surface area contributed by atoms with Crippen molar-refractivity contribution in [3.63, 3.8) is 0 Å². The van der Waals surface area contributed by atoms with Crippen LogP contribution in [0.2, 0.25) is 0 Å². The number of anilines is 2. The summed E-state index contributed by atoms with van der Waals surface area (Å²) >= 11 is 0. The Bertz CT molecular complexity index is 2200. The van der Waals surface area contributed by atoms with Crippen LogP contribution in [-0.4, -0.2) is 62.4 Å². The lowest BCUT2D eigenvalue weighted by atomic mass is 9.90. The predicted molar refractivity (Wildman–Crippen MR) is 210 cm³/mol. The molecule has 9 nitrogen and oxygen atoms in total. The fourth-order valence-corrected chi connectivity index (χ4v) is 8.21. The third kappa shape index (κ3) is 8.97. The molecule has 272 valence electrons. The summed E-state index contributed by atoms with van der Waals surface area (Å²) in [4.78, 5) is 3.48. The molecule has 0 spiro atoms. The second-order valence-corrected chi connectivity index (χ2v) is 15.3. The maximum absolute atomic E-state index is 13.3. The van der Waals surface area contributed by atoms with E-state index in [-0.39, 0.29) is 11.4 Å². The minimum Gasteiger partial charge on any atom is -0.372 e. The van der Waals surface area contributed by atoms with E-state index in [4.69, 9.17) is 0 Å². The van der Waals surface area contributed by atoms with E-state index in [9.17, 15) is 25.9 Å². The highest BCUT2D eigenvalue weighted by atomic mass is 32.2. The van der Waals surface area contributed by atoms with Gasteiger partial charge in [0.2, 0.25) is 0 Å². The molecule has 5 rings (SSSR count). The zero-order valence-corrected chi connectivity index (χ0v) is 31.6. The molecule has 0 aliphatic heterocycles. The van der Waals surface area contributed by atoms with Crippen molar-refractivity contribution in [2.75, 3.05) is 36.0 Å². The van der Waals surface area contributed by atoms with Gasteiger partial charge in [0.1, 0.15) is 13.1 Å². The Morgan fingerprint density at radius 2 is 1.31 bits per heavy atom. The topological polar surface area (TPSA) is 118 Å². The van der Waals surface area contributed by atoms with Crippen molar-refractivity contribution in [2.24, 2.45) is 0 Å². The first-order valence-corrected chi connectivity index (χ1v) is 20.3. The fraction of sp³-hybridized carbons (Fsp3) is 0.244. The van der Waals surface area contributed by atoms with Crippen molar-refractivity contribution in [1.29, 1.82) is 0 Å². The lowest BCUT2D eigenvalue weighted by Gasteiger charge is -2.32. The van der Waals surface area contributed by atoms with Crippen molar-refractivity contribution >= 4 is 42.9 Å². The number of hydrogen-bond donors (Lipinski definition) is 2. The molecule has 2 N–H and O–H groups in total. The predicted octanol–water partition coefficient (Wildman–Crippen LogP) is 7.79. The Morgan fingerprint density at radius 3 is 1.88 bits per heavy atom. The van der Waals surface area contributed by atoms with Gasteiger partial charge in [-0.05, 0) is 110 Å². The molecule has 0 saturated carbocycles. The minimum absolute atomic E-state index is 0.112. The maximum Gasteiger partial charge on any atom is 0.294 e. The molecule has 1 unspecified atom stereocenters. The van der Waals surface area contributed by atoms with E-state index >= 15 is 0 Å². The molecule has 0 heterocycles. The molecular formula is C41H46N3O6S2+. The fourth-order valence-electron chi connectivity index (χ4n) is 6.64. The van der Waals surface area contributed by atoms with E-state index in [2.05, 4.69) is 85.7 Å². The van der Waals surface area contributed by atoms with E-state index < -0.39 is 25.6 Å². The van der Waals surface area contributed by atoms with Crippen LogP contribution in [0.25, 0.3) is 5.57 Å². The molecule has 0 saturated heterocycles. The lowest BCUT2D eigenvalue weighted by molar-refractivity contribution is -0.519. The molecule has 4 aromatic rings. The molecule has 0 radical (unpaired) electrons. The molecule has 1 aliphatic rings. The summed E-state index contributed by atoms with van der Waals surface area (Å²) in [5.41, 5.74) is 7.08. The van der Waals surface area contributed by atoms with Gasteiger partial charge in [0.05, 0.1) is 4.90 Å². The highest BCUT2D eigenvalue weighted by Crippen LogP contribution is 2.37. The molecule has 4 aromatic carbocycles. The van der Waals surface area contributed by atoms with Gasteiger partial charge in [0.25, 0.3) is 20.2 Å². The minimum atomic E-state index is -4.76. The Kier molecular flexibility index (Phi) is 12.3. The SMILES string of the molecule is CCN(CC)c1ccc(C(=C2C=CC(=[N+](CC)CC)C=C2)c2cccc(N(Cc3cccc(S(=O)(=O)O)c3)C(c3ccccc3)S(=O)(=O)O)c2)cc1. The number of nitrogens with zero attached hydrogens (tertiary/aromatic N) is 3. The Hall–Kier alpha value is -4.81. The van der Waals surface area contributed by atoms with Crippen molar-refractivity contribution < 1.29 is 30.5 Å². The van der Waals surface area contributed by atoms with Gasteiger partial charge in [-0.25, -0.2) is 4.58 Å². The molecule has 0 bridgehead atoms. The van der Waals surface area contributed by atoms with Gasteiger partial charge in [-0.2, -0.15) is 16.8 Å². The number of allylic oxidation sites excluding steroid dienone is 5. The van der Waals surface area contributed by atoms with Crippen molar-refractivity contribution in [3.8, 4) is 0 Å². The Balaban J connectivity index is 1.72. The summed E-state index contributed by atoms with van der Waals surface area (Å²) in [7, 11) is -9.28. The van der Waals surface area contributed by atoms with Gasteiger partial charge < -0.3 is 9.80 Å². The van der Waals surface area contributed by atoms with Gasteiger partial charge >= 0.3 is 0 Å². The van der Waals surface area contributed by atoms with Crippen LogP contribution in [0.15, 0.2) is 138 Å². The average molecular weight is 741 g/mol. The summed E-state index contributed by atoms with van der Waals surface area (Å²) in [5.74, 6) is 0. The summed E-state index contributed by atoms with van der Waals surface area (Å²) in [5, 5.41) is -1.54. The summed E-state index contributed by atoms with van der Waals surface area (Å²) in [6.07, 6.45) is 8.40. The van der Waals surface area contributed by atoms with E-state index in [1.807, 2.05) is 18.2 Å². The van der Waals surface area contributed by atoms with E-state index in [1.54, 1.807) is 42.5 Å². The third-order valence-electron chi connectivity index (χ3n) is 9.23. The number of benzene rings is 4. The van der Waals surface area contributed by atoms with Gasteiger partial charge in [-0.1, -0.05) is 66.7 Å². The molecule has 1 atom stereocenters. The lowest BCUT2D eigenvalue weighted by Crippen LogP contribution is -2.34. The summed E-state index contributed by atoms with van der Waals surface area (Å²) in [6, 6.07) is 29.9. The van der Waals surface area contributed by atoms with Crippen LogP contribution in [-0.2, 0) is 26.8 Å². The van der Waals surface area contributed by atoms with E-state index in [0.29, 0.717) is 16.8 Å². The van der Waals surface area contributed by atoms with E-state index in [1.165, 1.54) is 23.1 Å². The van der Waals surface area contributed by atoms with Crippen molar-refractivity contribution in [2.45, 2.75) is 44.5 Å².